The lowest BCUT2D eigenvalue weighted by molar-refractivity contribution is 0.0513. The fourth-order valence-electron chi connectivity index (χ4n) is 1.31. The van der Waals surface area contributed by atoms with Gasteiger partial charge in [-0.25, -0.2) is 19.2 Å². The molecular weight excluding hydrogens is 243 g/mol. The molecule has 4 nitrogen and oxygen atoms in total. The first kappa shape index (κ1) is 11.7. The van der Waals surface area contributed by atoms with Crippen molar-refractivity contribution < 1.29 is 13.9 Å². The predicted molar refractivity (Wildman–Crippen MR) is 61.3 cm³/mol. The fraction of sp³-hybridized carbons (Fsp3) is 0.182. The third-order valence-corrected chi connectivity index (χ3v) is 2.74. The van der Waals surface area contributed by atoms with Gasteiger partial charge in [0.25, 0.3) is 0 Å². The van der Waals surface area contributed by atoms with E-state index < -0.39 is 11.8 Å². The minimum absolute atomic E-state index is 0.115. The van der Waals surface area contributed by atoms with Crippen LogP contribution in [-0.2, 0) is 4.74 Å². The highest BCUT2D eigenvalue weighted by molar-refractivity contribution is 7.08. The molecule has 2 aromatic rings. The van der Waals surface area contributed by atoms with Gasteiger partial charge in [0.2, 0.25) is 0 Å². The molecule has 2 rings (SSSR count). The Labute approximate surface area is 101 Å². The van der Waals surface area contributed by atoms with Gasteiger partial charge in [0.05, 0.1) is 6.61 Å². The van der Waals surface area contributed by atoms with E-state index in [9.17, 15) is 9.18 Å². The predicted octanol–water partition coefficient (Wildman–Crippen LogP) is 2.52. The average Bonchev–Trinajstić information content (AvgIpc) is 2.83. The number of hydrogen-bond acceptors (Lipinski definition) is 5. The lowest BCUT2D eigenvalue weighted by Gasteiger charge is -2.04. The Morgan fingerprint density at radius 1 is 1.53 bits per heavy atom. The van der Waals surface area contributed by atoms with Gasteiger partial charge in [0, 0.05) is 10.9 Å². The summed E-state index contributed by atoms with van der Waals surface area (Å²) in [6.07, 6.45) is 1.16. The SMILES string of the molecule is CCOC(=O)c1ncnc(-c2ccsc2)c1F. The molecule has 0 unspecified atom stereocenters. The lowest BCUT2D eigenvalue weighted by Crippen LogP contribution is -2.11. The molecule has 0 saturated heterocycles. The summed E-state index contributed by atoms with van der Waals surface area (Å²) >= 11 is 1.42. The second kappa shape index (κ2) is 5.01. The van der Waals surface area contributed by atoms with Gasteiger partial charge in [-0.1, -0.05) is 0 Å². The van der Waals surface area contributed by atoms with Gasteiger partial charge in [-0.3, -0.25) is 0 Å². The quantitative estimate of drug-likeness (QED) is 0.788. The van der Waals surface area contributed by atoms with Crippen molar-refractivity contribution in [3.8, 4) is 11.3 Å². The molecule has 0 amide bonds. The summed E-state index contributed by atoms with van der Waals surface area (Å²) in [6.45, 7) is 1.83. The Hall–Kier alpha value is -1.82. The van der Waals surface area contributed by atoms with Crippen LogP contribution < -0.4 is 0 Å². The van der Waals surface area contributed by atoms with Crippen LogP contribution in [0.4, 0.5) is 4.39 Å². The Morgan fingerprint density at radius 3 is 3.00 bits per heavy atom. The highest BCUT2D eigenvalue weighted by Crippen LogP contribution is 2.23. The molecule has 17 heavy (non-hydrogen) atoms. The lowest BCUT2D eigenvalue weighted by atomic mass is 10.2. The van der Waals surface area contributed by atoms with E-state index in [1.54, 1.807) is 23.8 Å². The number of ether oxygens (including phenoxy) is 1. The first-order valence-electron chi connectivity index (χ1n) is 4.94. The molecule has 0 aliphatic rings. The van der Waals surface area contributed by atoms with E-state index in [4.69, 9.17) is 4.74 Å². The number of rotatable bonds is 3. The van der Waals surface area contributed by atoms with E-state index in [-0.39, 0.29) is 18.0 Å². The third kappa shape index (κ3) is 2.31. The third-order valence-electron chi connectivity index (χ3n) is 2.05. The van der Waals surface area contributed by atoms with Crippen molar-refractivity contribution in [2.45, 2.75) is 6.92 Å². The second-order valence-corrected chi connectivity index (χ2v) is 3.90. The molecule has 88 valence electrons. The highest BCUT2D eigenvalue weighted by Gasteiger charge is 2.19. The molecule has 0 fully saturated rings. The summed E-state index contributed by atoms with van der Waals surface area (Å²) in [4.78, 5) is 18.9. The van der Waals surface area contributed by atoms with Crippen LogP contribution in [0.1, 0.15) is 17.4 Å². The van der Waals surface area contributed by atoms with Crippen LogP contribution >= 0.6 is 11.3 Å². The molecule has 0 radical (unpaired) electrons. The van der Waals surface area contributed by atoms with Gasteiger partial charge in [-0.15, -0.1) is 0 Å². The number of hydrogen-bond donors (Lipinski definition) is 0. The number of aromatic nitrogens is 2. The Balaban J connectivity index is 2.44. The zero-order chi connectivity index (χ0) is 12.3. The summed E-state index contributed by atoms with van der Waals surface area (Å²) < 4.78 is 18.7. The van der Waals surface area contributed by atoms with Gasteiger partial charge in [-0.2, -0.15) is 11.3 Å². The largest absolute Gasteiger partial charge is 0.461 e. The molecule has 0 saturated carbocycles. The van der Waals surface area contributed by atoms with Crippen molar-refractivity contribution >= 4 is 17.3 Å². The number of thiophene rings is 1. The summed E-state index contributed by atoms with van der Waals surface area (Å²) in [5.41, 5.74) is 0.410. The Kier molecular flexibility index (Phi) is 3.43. The van der Waals surface area contributed by atoms with Crippen molar-refractivity contribution in [1.82, 2.24) is 9.97 Å². The molecule has 0 atom stereocenters. The smallest absolute Gasteiger partial charge is 0.360 e. The topological polar surface area (TPSA) is 52.1 Å². The average molecular weight is 252 g/mol. The molecular formula is C11H9FN2O2S. The van der Waals surface area contributed by atoms with Gasteiger partial charge < -0.3 is 4.74 Å². The molecule has 2 aromatic heterocycles. The summed E-state index contributed by atoms with van der Waals surface area (Å²) in [7, 11) is 0. The maximum atomic E-state index is 14.0. The second-order valence-electron chi connectivity index (χ2n) is 3.12. The van der Waals surface area contributed by atoms with Gasteiger partial charge >= 0.3 is 5.97 Å². The molecule has 0 N–H and O–H groups in total. The van der Waals surface area contributed by atoms with Crippen LogP contribution in [0.2, 0.25) is 0 Å². The maximum Gasteiger partial charge on any atom is 0.360 e. The molecule has 0 bridgehead atoms. The Morgan fingerprint density at radius 2 is 2.35 bits per heavy atom. The summed E-state index contributed by atoms with van der Waals surface area (Å²) in [5, 5.41) is 3.56. The van der Waals surface area contributed by atoms with Crippen molar-refractivity contribution in [3.05, 3.63) is 34.7 Å². The zero-order valence-electron chi connectivity index (χ0n) is 9.01. The number of halogens is 1. The normalized spacial score (nSPS) is 10.2. The maximum absolute atomic E-state index is 14.0. The summed E-state index contributed by atoms with van der Waals surface area (Å²) in [5.74, 6) is -1.52. The van der Waals surface area contributed by atoms with E-state index in [1.165, 1.54) is 11.3 Å². The van der Waals surface area contributed by atoms with E-state index in [2.05, 4.69) is 9.97 Å². The van der Waals surface area contributed by atoms with Gasteiger partial charge in [0.15, 0.2) is 11.5 Å². The fourth-order valence-corrected chi connectivity index (χ4v) is 1.95. The first-order valence-corrected chi connectivity index (χ1v) is 5.88. The van der Waals surface area contributed by atoms with Crippen LogP contribution in [0, 0.1) is 5.82 Å². The molecule has 0 spiro atoms. The van der Waals surface area contributed by atoms with Crippen LogP contribution in [-0.4, -0.2) is 22.5 Å². The minimum atomic E-state index is -0.774. The van der Waals surface area contributed by atoms with Crippen LogP contribution in [0.3, 0.4) is 0 Å². The molecule has 6 heteroatoms. The van der Waals surface area contributed by atoms with Crippen molar-refractivity contribution in [3.63, 3.8) is 0 Å². The van der Waals surface area contributed by atoms with Crippen molar-refractivity contribution in [2.24, 2.45) is 0 Å². The van der Waals surface area contributed by atoms with E-state index in [0.717, 1.165) is 6.33 Å². The zero-order valence-corrected chi connectivity index (χ0v) is 9.83. The minimum Gasteiger partial charge on any atom is -0.461 e. The summed E-state index contributed by atoms with van der Waals surface area (Å²) in [6, 6.07) is 1.73. The van der Waals surface area contributed by atoms with Gasteiger partial charge in [-0.05, 0) is 18.4 Å². The van der Waals surface area contributed by atoms with Crippen LogP contribution in [0.25, 0.3) is 11.3 Å². The van der Waals surface area contributed by atoms with Crippen molar-refractivity contribution in [1.29, 1.82) is 0 Å². The van der Waals surface area contributed by atoms with Crippen LogP contribution in [0.5, 0.6) is 0 Å². The van der Waals surface area contributed by atoms with Gasteiger partial charge in [0.1, 0.15) is 12.0 Å². The highest BCUT2D eigenvalue weighted by atomic mass is 32.1. The van der Waals surface area contributed by atoms with E-state index >= 15 is 0 Å². The number of carbonyl (C=O) groups is 1. The van der Waals surface area contributed by atoms with Crippen LogP contribution in [0.15, 0.2) is 23.2 Å². The Bertz CT molecular complexity index is 528. The molecule has 0 aliphatic heterocycles. The van der Waals surface area contributed by atoms with E-state index in [0.29, 0.717) is 5.56 Å². The van der Waals surface area contributed by atoms with E-state index in [1.807, 2.05) is 0 Å². The number of nitrogens with zero attached hydrogens (tertiary/aromatic N) is 2. The monoisotopic (exact) mass is 252 g/mol. The molecule has 2 heterocycles. The first-order chi connectivity index (χ1) is 8.24. The standard InChI is InChI=1S/C11H9FN2O2S/c1-2-16-11(15)10-8(12)9(13-6-14-10)7-3-4-17-5-7/h3-6H,2H2,1H3. The van der Waals surface area contributed by atoms with Crippen molar-refractivity contribution in [2.75, 3.05) is 6.61 Å². The number of carbonyl (C=O) groups excluding carboxylic acids is 1. The molecule has 0 aliphatic carbocycles. The molecule has 0 aromatic carbocycles. The number of esters is 1.